The Kier molecular flexibility index (Phi) is 6.43. The second-order valence-electron chi connectivity index (χ2n) is 3.87. The highest BCUT2D eigenvalue weighted by Gasteiger charge is 2.12. The maximum Gasteiger partial charge on any atom is 0.157 e. The molecule has 5 heteroatoms. The molecule has 1 rings (SSSR count). The molecule has 5 nitrogen and oxygen atoms in total. The molecule has 0 unspecified atom stereocenters. The number of hydrogen-bond donors (Lipinski definition) is 0. The van der Waals surface area contributed by atoms with Crippen molar-refractivity contribution < 1.29 is 23.8 Å². The van der Waals surface area contributed by atoms with Crippen molar-refractivity contribution in [1.82, 2.24) is 0 Å². The summed E-state index contributed by atoms with van der Waals surface area (Å²) in [5, 5.41) is 0. The quantitative estimate of drug-likeness (QED) is 0.507. The van der Waals surface area contributed by atoms with Crippen LogP contribution in [0.1, 0.15) is 29.6 Å². The van der Waals surface area contributed by atoms with Gasteiger partial charge in [0.1, 0.15) is 23.5 Å². The summed E-state index contributed by atoms with van der Waals surface area (Å²) in [6.07, 6.45) is 3.71. The zero-order chi connectivity index (χ0) is 14.1. The summed E-state index contributed by atoms with van der Waals surface area (Å²) in [6.45, 7) is 0.501. The third-order valence-electron chi connectivity index (χ3n) is 2.62. The molecule has 0 saturated heterocycles. The van der Waals surface area contributed by atoms with Gasteiger partial charge in [0.25, 0.3) is 0 Å². The molecule has 0 aliphatic heterocycles. The van der Waals surface area contributed by atoms with Gasteiger partial charge in [-0.15, -0.1) is 0 Å². The summed E-state index contributed by atoms with van der Waals surface area (Å²) in [7, 11) is 2.96. The highest BCUT2D eigenvalue weighted by molar-refractivity contribution is 5.84. The number of ether oxygens (including phenoxy) is 3. The fraction of sp³-hybridized carbons (Fsp3) is 0.429. The number of methoxy groups -OCH3 is 2. The third kappa shape index (κ3) is 4.28. The second kappa shape index (κ2) is 8.13. The van der Waals surface area contributed by atoms with Crippen LogP contribution >= 0.6 is 0 Å². The summed E-state index contributed by atoms with van der Waals surface area (Å²) in [6, 6.07) is 3.29. The molecule has 0 aliphatic rings. The van der Waals surface area contributed by atoms with E-state index in [0.717, 1.165) is 19.1 Å². The number of carbonyl (C=O) groups excluding carboxylic acids is 2. The number of aldehydes is 2. The standard InChI is InChI=1S/C14H18O5/c1-17-13-8-11(19-7-5-3-4-6-15)9-14(18-2)12(13)10-16/h6,8-10H,3-5,7H2,1-2H3. The van der Waals surface area contributed by atoms with Crippen molar-refractivity contribution in [3.63, 3.8) is 0 Å². The Balaban J connectivity index is 2.73. The van der Waals surface area contributed by atoms with Crippen LogP contribution in [0, 0.1) is 0 Å². The zero-order valence-corrected chi connectivity index (χ0v) is 11.2. The molecule has 1 aromatic rings. The lowest BCUT2D eigenvalue weighted by molar-refractivity contribution is -0.107. The van der Waals surface area contributed by atoms with E-state index in [1.54, 1.807) is 12.1 Å². The molecular formula is C14H18O5. The lowest BCUT2D eigenvalue weighted by atomic mass is 10.2. The van der Waals surface area contributed by atoms with E-state index < -0.39 is 0 Å². The first-order chi connectivity index (χ1) is 9.26. The molecule has 0 bridgehead atoms. The highest BCUT2D eigenvalue weighted by atomic mass is 16.5. The van der Waals surface area contributed by atoms with E-state index in [2.05, 4.69) is 0 Å². The van der Waals surface area contributed by atoms with Crippen LogP contribution in [0.15, 0.2) is 12.1 Å². The maximum absolute atomic E-state index is 11.0. The molecule has 1 aromatic carbocycles. The van der Waals surface area contributed by atoms with Crippen LogP contribution in [-0.4, -0.2) is 33.4 Å². The average molecular weight is 266 g/mol. The predicted molar refractivity (Wildman–Crippen MR) is 70.3 cm³/mol. The van der Waals surface area contributed by atoms with Gasteiger partial charge < -0.3 is 19.0 Å². The summed E-state index contributed by atoms with van der Waals surface area (Å²) < 4.78 is 15.8. The summed E-state index contributed by atoms with van der Waals surface area (Å²) >= 11 is 0. The number of unbranched alkanes of at least 4 members (excludes halogenated alkanes) is 2. The molecule has 19 heavy (non-hydrogen) atoms. The van der Waals surface area contributed by atoms with Gasteiger partial charge in [0, 0.05) is 18.6 Å². The van der Waals surface area contributed by atoms with Crippen LogP contribution in [-0.2, 0) is 4.79 Å². The Hall–Kier alpha value is -2.04. The predicted octanol–water partition coefficient (Wildman–Crippen LogP) is 2.26. The molecule has 0 saturated carbocycles. The van der Waals surface area contributed by atoms with Gasteiger partial charge in [-0.3, -0.25) is 4.79 Å². The maximum atomic E-state index is 11.0. The van der Waals surface area contributed by atoms with Crippen molar-refractivity contribution in [2.45, 2.75) is 19.3 Å². The molecule has 0 aliphatic carbocycles. The zero-order valence-electron chi connectivity index (χ0n) is 11.2. The molecule has 0 N–H and O–H groups in total. The van der Waals surface area contributed by atoms with E-state index in [4.69, 9.17) is 14.2 Å². The Morgan fingerprint density at radius 1 is 1.05 bits per heavy atom. The van der Waals surface area contributed by atoms with E-state index in [-0.39, 0.29) is 0 Å². The fourth-order valence-electron chi connectivity index (χ4n) is 1.63. The minimum Gasteiger partial charge on any atom is -0.496 e. The SMILES string of the molecule is COc1cc(OCCCCC=O)cc(OC)c1C=O. The van der Waals surface area contributed by atoms with E-state index >= 15 is 0 Å². The molecule has 0 radical (unpaired) electrons. The van der Waals surface area contributed by atoms with Gasteiger partial charge in [-0.25, -0.2) is 0 Å². The van der Waals surface area contributed by atoms with Gasteiger partial charge in [-0.05, 0) is 12.8 Å². The van der Waals surface area contributed by atoms with Gasteiger partial charge in [0.15, 0.2) is 6.29 Å². The Morgan fingerprint density at radius 2 is 1.68 bits per heavy atom. The first-order valence-electron chi connectivity index (χ1n) is 6.04. The Bertz CT molecular complexity index is 403. The third-order valence-corrected chi connectivity index (χ3v) is 2.62. The highest BCUT2D eigenvalue weighted by Crippen LogP contribution is 2.32. The van der Waals surface area contributed by atoms with Crippen LogP contribution in [0.2, 0.25) is 0 Å². The molecule has 0 aromatic heterocycles. The number of hydrogen-bond acceptors (Lipinski definition) is 5. The molecule has 0 amide bonds. The molecular weight excluding hydrogens is 248 g/mol. The largest absolute Gasteiger partial charge is 0.496 e. The van der Waals surface area contributed by atoms with Crippen LogP contribution < -0.4 is 14.2 Å². The first-order valence-corrected chi connectivity index (χ1v) is 6.04. The monoisotopic (exact) mass is 266 g/mol. The molecule has 0 heterocycles. The Morgan fingerprint density at radius 3 is 2.16 bits per heavy atom. The Labute approximate surface area is 112 Å². The lowest BCUT2D eigenvalue weighted by Gasteiger charge is -2.12. The van der Waals surface area contributed by atoms with Crippen molar-refractivity contribution in [3.05, 3.63) is 17.7 Å². The van der Waals surface area contributed by atoms with E-state index in [9.17, 15) is 9.59 Å². The smallest absolute Gasteiger partial charge is 0.157 e. The van der Waals surface area contributed by atoms with Crippen molar-refractivity contribution in [2.24, 2.45) is 0 Å². The van der Waals surface area contributed by atoms with Crippen molar-refractivity contribution in [2.75, 3.05) is 20.8 Å². The van der Waals surface area contributed by atoms with Gasteiger partial charge in [-0.1, -0.05) is 0 Å². The van der Waals surface area contributed by atoms with Gasteiger partial charge in [0.2, 0.25) is 0 Å². The molecule has 104 valence electrons. The summed E-state index contributed by atoms with van der Waals surface area (Å²) in [5.74, 6) is 1.40. The van der Waals surface area contributed by atoms with Crippen molar-refractivity contribution >= 4 is 12.6 Å². The van der Waals surface area contributed by atoms with Gasteiger partial charge in [-0.2, -0.15) is 0 Å². The van der Waals surface area contributed by atoms with Crippen LogP contribution in [0.25, 0.3) is 0 Å². The van der Waals surface area contributed by atoms with Crippen LogP contribution in [0.5, 0.6) is 17.2 Å². The molecule has 0 atom stereocenters. The van der Waals surface area contributed by atoms with Gasteiger partial charge >= 0.3 is 0 Å². The molecule has 0 fully saturated rings. The number of benzene rings is 1. The minimum absolute atomic E-state index is 0.360. The van der Waals surface area contributed by atoms with Crippen LogP contribution in [0.4, 0.5) is 0 Å². The normalized spacial score (nSPS) is 9.79. The van der Waals surface area contributed by atoms with Crippen molar-refractivity contribution in [3.8, 4) is 17.2 Å². The number of carbonyl (C=O) groups is 2. The average Bonchev–Trinajstić information content (AvgIpc) is 2.45. The van der Waals surface area contributed by atoms with Crippen molar-refractivity contribution in [1.29, 1.82) is 0 Å². The summed E-state index contributed by atoms with van der Waals surface area (Å²) in [4.78, 5) is 21.1. The minimum atomic E-state index is 0.360. The lowest BCUT2D eigenvalue weighted by Crippen LogP contribution is -2.01. The van der Waals surface area contributed by atoms with E-state index in [0.29, 0.717) is 42.1 Å². The van der Waals surface area contributed by atoms with E-state index in [1.807, 2.05) is 0 Å². The molecule has 0 spiro atoms. The topological polar surface area (TPSA) is 61.8 Å². The summed E-state index contributed by atoms with van der Waals surface area (Å²) in [5.41, 5.74) is 0.360. The fourth-order valence-corrected chi connectivity index (χ4v) is 1.63. The first kappa shape index (κ1) is 15.0. The van der Waals surface area contributed by atoms with Crippen LogP contribution in [0.3, 0.4) is 0 Å². The second-order valence-corrected chi connectivity index (χ2v) is 3.87. The van der Waals surface area contributed by atoms with E-state index in [1.165, 1.54) is 14.2 Å². The van der Waals surface area contributed by atoms with Gasteiger partial charge in [0.05, 0.1) is 26.4 Å². The number of rotatable bonds is 9.